The van der Waals surface area contributed by atoms with Crippen molar-refractivity contribution in [3.63, 3.8) is 0 Å². The van der Waals surface area contributed by atoms with Crippen LogP contribution in [0.2, 0.25) is 0 Å². The van der Waals surface area contributed by atoms with Crippen molar-refractivity contribution in [3.8, 4) is 0 Å². The number of piperidine rings is 1. The molecule has 3 rings (SSSR count). The van der Waals surface area contributed by atoms with Crippen LogP contribution < -0.4 is 10.0 Å². The normalized spacial score (nSPS) is 17.5. The molecule has 2 aromatic carbocycles. The van der Waals surface area contributed by atoms with E-state index in [1.54, 1.807) is 6.07 Å². The summed E-state index contributed by atoms with van der Waals surface area (Å²) in [6.45, 7) is 6.03. The molecule has 162 valence electrons. The van der Waals surface area contributed by atoms with Crippen LogP contribution in [0.4, 0.5) is 10.1 Å². The van der Waals surface area contributed by atoms with Crippen LogP contribution in [0.3, 0.4) is 0 Å². The zero-order valence-electron chi connectivity index (χ0n) is 17.1. The van der Waals surface area contributed by atoms with E-state index in [0.29, 0.717) is 12.1 Å². The van der Waals surface area contributed by atoms with Gasteiger partial charge in [0.25, 0.3) is 15.9 Å². The van der Waals surface area contributed by atoms with Gasteiger partial charge in [0.15, 0.2) is 0 Å². The van der Waals surface area contributed by atoms with Crippen LogP contribution in [-0.4, -0.2) is 45.4 Å². The number of benzene rings is 2. The third-order valence-corrected chi connectivity index (χ3v) is 6.60. The number of para-hydroxylation sites is 1. The molecule has 8 heteroatoms. The number of carbonyl (C=O) groups excluding carboxylic acids is 1. The van der Waals surface area contributed by atoms with Gasteiger partial charge in [0, 0.05) is 18.7 Å². The summed E-state index contributed by atoms with van der Waals surface area (Å²) >= 11 is 0. The Labute approximate surface area is 177 Å². The molecule has 0 radical (unpaired) electrons. The van der Waals surface area contributed by atoms with Crippen molar-refractivity contribution < 1.29 is 17.6 Å². The summed E-state index contributed by atoms with van der Waals surface area (Å²) in [6, 6.07) is 11.1. The summed E-state index contributed by atoms with van der Waals surface area (Å²) in [7, 11) is -3.94. The van der Waals surface area contributed by atoms with Crippen LogP contribution in [0.1, 0.15) is 36.5 Å². The van der Waals surface area contributed by atoms with Gasteiger partial charge in [0.05, 0.1) is 10.6 Å². The summed E-state index contributed by atoms with van der Waals surface area (Å²) < 4.78 is 40.8. The maximum atomic E-state index is 13.7. The summed E-state index contributed by atoms with van der Waals surface area (Å²) in [4.78, 5) is 14.7. The Balaban J connectivity index is 1.50. The molecule has 0 saturated carbocycles. The number of likely N-dealkylation sites (tertiary alicyclic amines) is 1. The lowest BCUT2D eigenvalue weighted by molar-refractivity contribution is 0.0950. The van der Waals surface area contributed by atoms with Crippen molar-refractivity contribution >= 4 is 21.6 Å². The average molecular weight is 434 g/mol. The van der Waals surface area contributed by atoms with E-state index in [9.17, 15) is 17.6 Å². The molecule has 1 amide bonds. The summed E-state index contributed by atoms with van der Waals surface area (Å²) in [5.74, 6) is -0.167. The van der Waals surface area contributed by atoms with Gasteiger partial charge in [-0.15, -0.1) is 0 Å². The summed E-state index contributed by atoms with van der Waals surface area (Å²) in [5, 5.41) is 2.87. The lowest BCUT2D eigenvalue weighted by atomic mass is 10.0. The van der Waals surface area contributed by atoms with Gasteiger partial charge in [-0.25, -0.2) is 12.8 Å². The monoisotopic (exact) mass is 433 g/mol. The highest BCUT2D eigenvalue weighted by Gasteiger charge is 2.18. The second-order valence-corrected chi connectivity index (χ2v) is 9.45. The molecule has 1 heterocycles. The minimum atomic E-state index is -3.94. The van der Waals surface area contributed by atoms with E-state index < -0.39 is 15.8 Å². The number of nitrogens with zero attached hydrogens (tertiary/aromatic N) is 1. The SMILES string of the molecule is CC1CCCN(CCCNC(=O)c2ccc(S(=O)(=O)Nc3ccccc3F)cc2)C1. The second kappa shape index (κ2) is 10.0. The zero-order chi connectivity index (χ0) is 21.6. The molecule has 6 nitrogen and oxygen atoms in total. The topological polar surface area (TPSA) is 78.5 Å². The predicted octanol–water partition coefficient (Wildman–Crippen LogP) is 3.48. The fourth-order valence-corrected chi connectivity index (χ4v) is 4.70. The van der Waals surface area contributed by atoms with Crippen molar-refractivity contribution in [2.24, 2.45) is 5.92 Å². The predicted molar refractivity (Wildman–Crippen MR) is 115 cm³/mol. The maximum Gasteiger partial charge on any atom is 0.261 e. The molecule has 1 aliphatic heterocycles. The zero-order valence-corrected chi connectivity index (χ0v) is 17.9. The smallest absolute Gasteiger partial charge is 0.261 e. The number of halogens is 1. The first-order valence-electron chi connectivity index (χ1n) is 10.2. The molecular formula is C22H28FN3O3S. The molecule has 0 aliphatic carbocycles. The van der Waals surface area contributed by atoms with Crippen LogP contribution in [0.15, 0.2) is 53.4 Å². The van der Waals surface area contributed by atoms with Gasteiger partial charge in [-0.3, -0.25) is 9.52 Å². The van der Waals surface area contributed by atoms with Crippen molar-refractivity contribution in [3.05, 3.63) is 59.9 Å². The minimum Gasteiger partial charge on any atom is -0.352 e. The van der Waals surface area contributed by atoms with Crippen LogP contribution in [0.5, 0.6) is 0 Å². The van der Waals surface area contributed by atoms with Gasteiger partial charge in [-0.1, -0.05) is 19.1 Å². The van der Waals surface area contributed by atoms with Crippen molar-refractivity contribution in [2.45, 2.75) is 31.1 Å². The number of hydrogen-bond acceptors (Lipinski definition) is 4. The molecule has 1 atom stereocenters. The van der Waals surface area contributed by atoms with Crippen molar-refractivity contribution in [1.29, 1.82) is 0 Å². The van der Waals surface area contributed by atoms with E-state index in [1.165, 1.54) is 55.3 Å². The van der Waals surface area contributed by atoms with Crippen LogP contribution in [-0.2, 0) is 10.0 Å². The van der Waals surface area contributed by atoms with Crippen molar-refractivity contribution in [2.75, 3.05) is 30.9 Å². The van der Waals surface area contributed by atoms with Crippen molar-refractivity contribution in [1.82, 2.24) is 10.2 Å². The van der Waals surface area contributed by atoms with Crippen LogP contribution in [0, 0.1) is 11.7 Å². The van der Waals surface area contributed by atoms with E-state index in [4.69, 9.17) is 0 Å². The lowest BCUT2D eigenvalue weighted by Gasteiger charge is -2.30. The van der Waals surface area contributed by atoms with E-state index in [1.807, 2.05) is 0 Å². The van der Waals surface area contributed by atoms with Gasteiger partial charge in [-0.2, -0.15) is 0 Å². The van der Waals surface area contributed by atoms with Gasteiger partial charge < -0.3 is 10.2 Å². The fourth-order valence-electron chi connectivity index (χ4n) is 3.63. The molecular weight excluding hydrogens is 405 g/mol. The van der Waals surface area contributed by atoms with Crippen LogP contribution >= 0.6 is 0 Å². The molecule has 0 bridgehead atoms. The number of anilines is 1. The largest absolute Gasteiger partial charge is 0.352 e. The van der Waals surface area contributed by atoms with Crippen LogP contribution in [0.25, 0.3) is 0 Å². The number of rotatable bonds is 8. The molecule has 1 saturated heterocycles. The Hall–Kier alpha value is -2.45. The quantitative estimate of drug-likeness (QED) is 0.625. The van der Waals surface area contributed by atoms with E-state index in [0.717, 1.165) is 32.0 Å². The lowest BCUT2D eigenvalue weighted by Crippen LogP contribution is -2.36. The van der Waals surface area contributed by atoms with Gasteiger partial charge in [-0.05, 0) is 74.7 Å². The first-order valence-corrected chi connectivity index (χ1v) is 11.7. The summed E-state index contributed by atoms with van der Waals surface area (Å²) in [6.07, 6.45) is 3.39. The highest BCUT2D eigenvalue weighted by atomic mass is 32.2. The first-order chi connectivity index (χ1) is 14.3. The van der Waals surface area contributed by atoms with E-state index in [2.05, 4.69) is 21.9 Å². The maximum absolute atomic E-state index is 13.7. The molecule has 1 fully saturated rings. The van der Waals surface area contributed by atoms with E-state index >= 15 is 0 Å². The Bertz CT molecular complexity index is 964. The fraction of sp³-hybridized carbons (Fsp3) is 0.409. The summed E-state index contributed by atoms with van der Waals surface area (Å²) in [5.41, 5.74) is 0.258. The number of carbonyl (C=O) groups is 1. The molecule has 1 unspecified atom stereocenters. The highest BCUT2D eigenvalue weighted by Crippen LogP contribution is 2.19. The minimum absolute atomic E-state index is 0.0403. The average Bonchev–Trinajstić information content (AvgIpc) is 2.73. The number of hydrogen-bond donors (Lipinski definition) is 2. The molecule has 2 N–H and O–H groups in total. The number of sulfonamides is 1. The third-order valence-electron chi connectivity index (χ3n) is 5.22. The second-order valence-electron chi connectivity index (χ2n) is 7.77. The Kier molecular flexibility index (Phi) is 7.44. The van der Waals surface area contributed by atoms with Gasteiger partial charge >= 0.3 is 0 Å². The Morgan fingerprint density at radius 1 is 1.17 bits per heavy atom. The molecule has 0 spiro atoms. The molecule has 1 aliphatic rings. The number of amides is 1. The molecule has 30 heavy (non-hydrogen) atoms. The van der Waals surface area contributed by atoms with E-state index in [-0.39, 0.29) is 16.5 Å². The highest BCUT2D eigenvalue weighted by molar-refractivity contribution is 7.92. The Morgan fingerprint density at radius 2 is 1.90 bits per heavy atom. The number of nitrogens with one attached hydrogen (secondary N) is 2. The Morgan fingerprint density at radius 3 is 2.60 bits per heavy atom. The van der Waals surface area contributed by atoms with Gasteiger partial charge in [0.2, 0.25) is 0 Å². The standard InChI is InChI=1S/C22H28FN3O3S/c1-17-6-4-14-26(16-17)15-5-13-24-22(27)18-9-11-19(12-10-18)30(28,29)25-21-8-3-2-7-20(21)23/h2-3,7-12,17,25H,4-6,13-16H2,1H3,(H,24,27). The molecule has 2 aromatic rings. The molecule has 0 aromatic heterocycles. The first kappa shape index (κ1) is 22.2. The third kappa shape index (κ3) is 6.03. The van der Waals surface area contributed by atoms with Gasteiger partial charge in [0.1, 0.15) is 5.82 Å².